The molecule has 0 aliphatic heterocycles. The predicted molar refractivity (Wildman–Crippen MR) is 93.8 cm³/mol. The number of aromatic nitrogens is 1. The second-order valence-corrected chi connectivity index (χ2v) is 6.17. The summed E-state index contributed by atoms with van der Waals surface area (Å²) in [5, 5.41) is 14.1. The van der Waals surface area contributed by atoms with E-state index in [-0.39, 0.29) is 6.61 Å². The van der Waals surface area contributed by atoms with Crippen molar-refractivity contribution < 1.29 is 5.11 Å². The fraction of sp³-hybridized carbons (Fsp3) is 0.250. The molecule has 4 rings (SSSR count). The van der Waals surface area contributed by atoms with Crippen LogP contribution in [0.1, 0.15) is 16.8 Å². The van der Waals surface area contributed by atoms with Crippen molar-refractivity contribution in [1.82, 2.24) is 4.98 Å². The highest BCUT2D eigenvalue weighted by molar-refractivity contribution is 5.82. The van der Waals surface area contributed by atoms with Crippen molar-refractivity contribution in [2.24, 2.45) is 0 Å². The minimum Gasteiger partial charge on any atom is -0.396 e. The van der Waals surface area contributed by atoms with Gasteiger partial charge in [-0.05, 0) is 36.1 Å². The van der Waals surface area contributed by atoms with Gasteiger partial charge >= 0.3 is 0 Å². The summed E-state index contributed by atoms with van der Waals surface area (Å²) in [5.41, 5.74) is 5.85. The third-order valence-electron chi connectivity index (χ3n) is 4.56. The average molecular weight is 304 g/mol. The second-order valence-electron chi connectivity index (χ2n) is 6.17. The molecule has 0 saturated carbocycles. The Kier molecular flexibility index (Phi) is 3.72. The van der Waals surface area contributed by atoms with Crippen molar-refractivity contribution >= 4 is 16.6 Å². The molecule has 116 valence electrons. The summed E-state index contributed by atoms with van der Waals surface area (Å²) in [6, 6.07) is 19.3. The van der Waals surface area contributed by atoms with Crippen LogP contribution < -0.4 is 5.32 Å². The van der Waals surface area contributed by atoms with Gasteiger partial charge in [0.2, 0.25) is 0 Å². The summed E-state index contributed by atoms with van der Waals surface area (Å²) in [4.78, 5) is 4.73. The monoisotopic (exact) mass is 304 g/mol. The molecule has 3 nitrogen and oxygen atoms in total. The molecular formula is C20H20N2O. The van der Waals surface area contributed by atoms with Gasteiger partial charge in [0.15, 0.2) is 0 Å². The van der Waals surface area contributed by atoms with Gasteiger partial charge in [0.05, 0.1) is 16.9 Å². The largest absolute Gasteiger partial charge is 0.396 e. The van der Waals surface area contributed by atoms with Gasteiger partial charge in [-0.25, -0.2) is 0 Å². The number of pyridine rings is 1. The predicted octanol–water partition coefficient (Wildman–Crippen LogP) is 3.35. The highest BCUT2D eigenvalue weighted by atomic mass is 16.3. The third-order valence-corrected chi connectivity index (χ3v) is 4.56. The van der Waals surface area contributed by atoms with Crippen LogP contribution in [-0.4, -0.2) is 22.7 Å². The minimum absolute atomic E-state index is 0.116. The fourth-order valence-corrected chi connectivity index (χ4v) is 3.46. The van der Waals surface area contributed by atoms with Crippen LogP contribution in [0, 0.1) is 0 Å². The van der Waals surface area contributed by atoms with Gasteiger partial charge in [-0.1, -0.05) is 42.5 Å². The first kappa shape index (κ1) is 14.2. The Labute approximate surface area is 136 Å². The summed E-state index contributed by atoms with van der Waals surface area (Å²) >= 11 is 0. The number of rotatable bonds is 4. The van der Waals surface area contributed by atoms with Gasteiger partial charge in [0, 0.05) is 24.5 Å². The molecule has 0 spiro atoms. The number of nitrogens with one attached hydrogen (secondary N) is 1. The van der Waals surface area contributed by atoms with E-state index < -0.39 is 0 Å². The molecule has 0 bridgehead atoms. The van der Waals surface area contributed by atoms with E-state index in [1.54, 1.807) is 0 Å². The highest BCUT2D eigenvalue weighted by Crippen LogP contribution is 2.27. The average Bonchev–Trinajstić information content (AvgIpc) is 2.98. The lowest BCUT2D eigenvalue weighted by atomic mass is 10.1. The molecule has 2 N–H and O–H groups in total. The molecule has 0 fully saturated rings. The van der Waals surface area contributed by atoms with Crippen LogP contribution in [0.25, 0.3) is 10.9 Å². The molecule has 23 heavy (non-hydrogen) atoms. The minimum atomic E-state index is 0.116. The fourth-order valence-electron chi connectivity index (χ4n) is 3.46. The van der Waals surface area contributed by atoms with E-state index >= 15 is 0 Å². The molecule has 1 aromatic heterocycles. The first-order valence-electron chi connectivity index (χ1n) is 8.16. The second kappa shape index (κ2) is 6.01. The molecule has 0 radical (unpaired) electrons. The van der Waals surface area contributed by atoms with E-state index in [0.29, 0.717) is 12.5 Å². The van der Waals surface area contributed by atoms with Crippen LogP contribution in [-0.2, 0) is 19.3 Å². The van der Waals surface area contributed by atoms with Crippen LogP contribution in [0.3, 0.4) is 0 Å². The van der Waals surface area contributed by atoms with Gasteiger partial charge in [-0.15, -0.1) is 0 Å². The van der Waals surface area contributed by atoms with E-state index in [9.17, 15) is 5.11 Å². The van der Waals surface area contributed by atoms with E-state index in [0.717, 1.165) is 35.1 Å². The number of aliphatic hydroxyl groups excluding tert-OH is 1. The Morgan fingerprint density at radius 1 is 1.00 bits per heavy atom. The van der Waals surface area contributed by atoms with Gasteiger partial charge in [0.25, 0.3) is 0 Å². The molecule has 1 heterocycles. The molecule has 0 atom stereocenters. The Hall–Kier alpha value is -2.39. The summed E-state index contributed by atoms with van der Waals surface area (Å²) in [6.45, 7) is 0.116. The van der Waals surface area contributed by atoms with Crippen molar-refractivity contribution in [1.29, 1.82) is 0 Å². The molecular weight excluding hydrogens is 284 g/mol. The number of para-hydroxylation sites is 1. The molecule has 3 aromatic rings. The third kappa shape index (κ3) is 2.80. The molecule has 0 unspecified atom stereocenters. The molecule has 0 saturated heterocycles. The summed E-state index contributed by atoms with van der Waals surface area (Å²) in [6.07, 6.45) is 2.66. The number of aliphatic hydroxyl groups is 1. The zero-order chi connectivity index (χ0) is 15.6. The van der Waals surface area contributed by atoms with Crippen molar-refractivity contribution in [3.05, 3.63) is 71.4 Å². The van der Waals surface area contributed by atoms with Crippen LogP contribution in [0.4, 0.5) is 5.69 Å². The van der Waals surface area contributed by atoms with Crippen LogP contribution >= 0.6 is 0 Å². The van der Waals surface area contributed by atoms with E-state index in [2.05, 4.69) is 41.7 Å². The first-order chi connectivity index (χ1) is 11.3. The smallest absolute Gasteiger partial charge is 0.0706 e. The highest BCUT2D eigenvalue weighted by Gasteiger charge is 2.21. The lowest BCUT2D eigenvalue weighted by Crippen LogP contribution is -2.21. The Morgan fingerprint density at radius 3 is 2.43 bits per heavy atom. The normalized spacial score (nSPS) is 14.1. The number of benzene rings is 2. The van der Waals surface area contributed by atoms with E-state index in [1.807, 2.05) is 18.2 Å². The molecule has 0 amide bonds. The van der Waals surface area contributed by atoms with Crippen LogP contribution in [0.15, 0.2) is 54.6 Å². The summed E-state index contributed by atoms with van der Waals surface area (Å²) in [5.74, 6) is 0. The number of hydrogen-bond donors (Lipinski definition) is 2. The summed E-state index contributed by atoms with van der Waals surface area (Å²) in [7, 11) is 0. The Morgan fingerprint density at radius 2 is 1.70 bits per heavy atom. The van der Waals surface area contributed by atoms with E-state index in [1.165, 1.54) is 11.1 Å². The maximum absolute atomic E-state index is 9.35. The maximum atomic E-state index is 9.35. The van der Waals surface area contributed by atoms with Crippen LogP contribution in [0.2, 0.25) is 0 Å². The molecule has 2 aromatic carbocycles. The van der Waals surface area contributed by atoms with Crippen molar-refractivity contribution in [2.45, 2.75) is 25.3 Å². The number of hydrogen-bond acceptors (Lipinski definition) is 3. The maximum Gasteiger partial charge on any atom is 0.0706 e. The van der Waals surface area contributed by atoms with Gasteiger partial charge in [-0.2, -0.15) is 0 Å². The Bertz CT molecular complexity index is 819. The van der Waals surface area contributed by atoms with Crippen molar-refractivity contribution in [2.75, 3.05) is 11.9 Å². The topological polar surface area (TPSA) is 45.2 Å². The molecule has 1 aliphatic carbocycles. The lowest BCUT2D eigenvalue weighted by Gasteiger charge is -2.17. The van der Waals surface area contributed by atoms with Gasteiger partial charge in [-0.3, -0.25) is 4.98 Å². The van der Waals surface area contributed by atoms with Gasteiger partial charge < -0.3 is 10.4 Å². The SMILES string of the molecule is OCCc1nc2ccccc2cc1NC1Cc2ccccc2C1. The zero-order valence-electron chi connectivity index (χ0n) is 13.0. The number of anilines is 1. The standard InChI is InChI=1S/C20H20N2O/c23-10-9-19-20(13-16-7-3-4-8-18(16)22-19)21-17-11-14-5-1-2-6-15(14)12-17/h1-8,13,17,21,23H,9-12H2. The summed E-state index contributed by atoms with van der Waals surface area (Å²) < 4.78 is 0. The molecule has 1 aliphatic rings. The van der Waals surface area contributed by atoms with E-state index in [4.69, 9.17) is 4.98 Å². The Balaban J connectivity index is 1.64. The molecule has 3 heteroatoms. The van der Waals surface area contributed by atoms with Crippen LogP contribution in [0.5, 0.6) is 0 Å². The number of fused-ring (bicyclic) bond motifs is 2. The lowest BCUT2D eigenvalue weighted by molar-refractivity contribution is 0.298. The van der Waals surface area contributed by atoms with Crippen molar-refractivity contribution in [3.8, 4) is 0 Å². The number of nitrogens with zero attached hydrogens (tertiary/aromatic N) is 1. The van der Waals surface area contributed by atoms with Gasteiger partial charge in [0.1, 0.15) is 0 Å². The quantitative estimate of drug-likeness (QED) is 0.777. The zero-order valence-corrected chi connectivity index (χ0v) is 13.0. The first-order valence-corrected chi connectivity index (χ1v) is 8.16. The van der Waals surface area contributed by atoms with Crippen molar-refractivity contribution in [3.63, 3.8) is 0 Å².